The van der Waals surface area contributed by atoms with Gasteiger partial charge in [0.1, 0.15) is 5.69 Å². The van der Waals surface area contributed by atoms with E-state index in [1.807, 2.05) is 48.5 Å². The van der Waals surface area contributed by atoms with Crippen LogP contribution in [0, 0.1) is 0 Å². The van der Waals surface area contributed by atoms with E-state index in [4.69, 9.17) is 4.42 Å². The third kappa shape index (κ3) is 4.09. The maximum absolute atomic E-state index is 13.3. The van der Waals surface area contributed by atoms with Gasteiger partial charge in [0.05, 0.1) is 17.3 Å². The topological polar surface area (TPSA) is 61.6 Å². The molecule has 6 nitrogen and oxygen atoms in total. The summed E-state index contributed by atoms with van der Waals surface area (Å²) < 4.78 is 5.52. The van der Waals surface area contributed by atoms with Crippen LogP contribution in [0.1, 0.15) is 15.9 Å². The number of aromatic nitrogens is 1. The Morgan fingerprint density at radius 3 is 2.59 bits per heavy atom. The normalized spacial score (nSPS) is 14.6. The molecule has 2 aromatic carbocycles. The number of benzene rings is 2. The van der Waals surface area contributed by atoms with E-state index in [2.05, 4.69) is 45.3 Å². The number of fused-ring (bicyclic) bond motifs is 1. The van der Waals surface area contributed by atoms with Crippen LogP contribution in [0.25, 0.3) is 22.4 Å². The van der Waals surface area contributed by atoms with Crippen LogP contribution in [0.2, 0.25) is 0 Å². The van der Waals surface area contributed by atoms with Crippen molar-refractivity contribution in [2.45, 2.75) is 6.54 Å². The first-order valence-electron chi connectivity index (χ1n) is 10.9. The zero-order valence-corrected chi connectivity index (χ0v) is 18.1. The third-order valence-electron chi connectivity index (χ3n) is 6.01. The number of piperazine rings is 1. The lowest BCUT2D eigenvalue weighted by Gasteiger charge is -2.35. The number of hydrogen-bond acceptors (Lipinski definition) is 5. The second kappa shape index (κ2) is 8.85. The predicted molar refractivity (Wildman–Crippen MR) is 127 cm³/mol. The minimum atomic E-state index is -0.121. The number of nitrogens with zero attached hydrogens (tertiary/aromatic N) is 3. The second-order valence-corrected chi connectivity index (χ2v) is 8.15. The van der Waals surface area contributed by atoms with E-state index in [1.54, 1.807) is 6.26 Å². The van der Waals surface area contributed by atoms with Crippen molar-refractivity contribution in [1.82, 2.24) is 15.2 Å². The molecule has 0 bridgehead atoms. The Morgan fingerprint density at radius 2 is 1.78 bits per heavy atom. The van der Waals surface area contributed by atoms with E-state index in [-0.39, 0.29) is 5.91 Å². The molecular weight excluding hydrogens is 400 g/mol. The number of rotatable bonds is 5. The number of nitrogens with one attached hydrogen (secondary N) is 1. The van der Waals surface area contributed by atoms with E-state index >= 15 is 0 Å². The van der Waals surface area contributed by atoms with Crippen LogP contribution in [-0.4, -0.2) is 49.0 Å². The molecule has 1 fully saturated rings. The van der Waals surface area contributed by atoms with Gasteiger partial charge < -0.3 is 19.5 Å². The Morgan fingerprint density at radius 1 is 1.00 bits per heavy atom. The first-order valence-corrected chi connectivity index (χ1v) is 10.9. The van der Waals surface area contributed by atoms with Crippen LogP contribution in [0.3, 0.4) is 0 Å². The number of furan rings is 1. The van der Waals surface area contributed by atoms with Crippen molar-refractivity contribution in [3.8, 4) is 11.5 Å². The lowest BCUT2D eigenvalue weighted by molar-refractivity contribution is 0.0952. The van der Waals surface area contributed by atoms with Gasteiger partial charge in [-0.2, -0.15) is 0 Å². The van der Waals surface area contributed by atoms with Crippen molar-refractivity contribution in [3.63, 3.8) is 0 Å². The fourth-order valence-electron chi connectivity index (χ4n) is 4.20. The molecule has 1 saturated heterocycles. The van der Waals surface area contributed by atoms with Crippen molar-refractivity contribution in [2.75, 3.05) is 38.1 Å². The van der Waals surface area contributed by atoms with Gasteiger partial charge in [0.2, 0.25) is 0 Å². The predicted octanol–water partition coefficient (Wildman–Crippen LogP) is 4.18. The number of anilines is 1. The van der Waals surface area contributed by atoms with Gasteiger partial charge in [-0.15, -0.1) is 0 Å². The molecule has 4 aromatic rings. The molecule has 0 atom stereocenters. The molecule has 0 spiro atoms. The zero-order valence-electron chi connectivity index (χ0n) is 18.1. The quantitative estimate of drug-likeness (QED) is 0.519. The van der Waals surface area contributed by atoms with Crippen LogP contribution >= 0.6 is 0 Å². The SMILES string of the molecule is CN1CCN(c2ccccc2CNC(=O)c2cc(-c3ccco3)nc3ccccc23)CC1. The largest absolute Gasteiger partial charge is 0.463 e. The van der Waals surface area contributed by atoms with Crippen LogP contribution in [0.5, 0.6) is 0 Å². The second-order valence-electron chi connectivity index (χ2n) is 8.15. The molecule has 2 aromatic heterocycles. The van der Waals surface area contributed by atoms with Crippen LogP contribution in [-0.2, 0) is 6.54 Å². The summed E-state index contributed by atoms with van der Waals surface area (Å²) in [7, 11) is 2.15. The van der Waals surface area contributed by atoms with Crippen molar-refractivity contribution >= 4 is 22.5 Å². The van der Waals surface area contributed by atoms with Gasteiger partial charge in [-0.3, -0.25) is 4.79 Å². The minimum Gasteiger partial charge on any atom is -0.463 e. The molecule has 0 unspecified atom stereocenters. The highest BCUT2D eigenvalue weighted by Gasteiger charge is 2.18. The molecule has 0 radical (unpaired) electrons. The van der Waals surface area contributed by atoms with E-state index < -0.39 is 0 Å². The van der Waals surface area contributed by atoms with Gasteiger partial charge in [0, 0.05) is 43.8 Å². The van der Waals surface area contributed by atoms with Gasteiger partial charge in [-0.05, 0) is 42.9 Å². The third-order valence-corrected chi connectivity index (χ3v) is 6.01. The summed E-state index contributed by atoms with van der Waals surface area (Å²) >= 11 is 0. The molecule has 162 valence electrons. The van der Waals surface area contributed by atoms with Crippen molar-refractivity contribution in [1.29, 1.82) is 0 Å². The summed E-state index contributed by atoms with van der Waals surface area (Å²) in [4.78, 5) is 22.7. The summed E-state index contributed by atoms with van der Waals surface area (Å²) in [5.41, 5.74) is 4.33. The van der Waals surface area contributed by atoms with Gasteiger partial charge in [-0.1, -0.05) is 36.4 Å². The summed E-state index contributed by atoms with van der Waals surface area (Å²) in [6.45, 7) is 4.53. The molecule has 5 rings (SSSR count). The minimum absolute atomic E-state index is 0.121. The number of pyridine rings is 1. The highest BCUT2D eigenvalue weighted by Crippen LogP contribution is 2.26. The van der Waals surface area contributed by atoms with Gasteiger partial charge in [-0.25, -0.2) is 4.98 Å². The molecular formula is C26H26N4O2. The number of hydrogen-bond donors (Lipinski definition) is 1. The summed E-state index contributed by atoms with van der Waals surface area (Å²) in [6, 6.07) is 21.5. The van der Waals surface area contributed by atoms with E-state index in [9.17, 15) is 4.79 Å². The zero-order chi connectivity index (χ0) is 21.9. The van der Waals surface area contributed by atoms with Crippen LogP contribution in [0.15, 0.2) is 77.4 Å². The maximum atomic E-state index is 13.3. The number of likely N-dealkylation sites (N-methyl/N-ethyl adjacent to an activating group) is 1. The monoisotopic (exact) mass is 426 g/mol. The number of carbonyl (C=O) groups is 1. The fraction of sp³-hybridized carbons (Fsp3) is 0.231. The highest BCUT2D eigenvalue weighted by molar-refractivity contribution is 6.07. The number of amides is 1. The Kier molecular flexibility index (Phi) is 5.60. The van der Waals surface area contributed by atoms with Crippen molar-refractivity contribution < 1.29 is 9.21 Å². The van der Waals surface area contributed by atoms with Crippen LogP contribution < -0.4 is 10.2 Å². The molecule has 0 aliphatic carbocycles. The standard InChI is InChI=1S/C26H26N4O2/c1-29-12-14-30(15-13-29)24-10-5-2-7-19(24)18-27-26(31)21-17-23(25-11-6-16-32-25)28-22-9-4-3-8-20(21)22/h2-11,16-17H,12-15,18H2,1H3,(H,27,31). The molecule has 3 heterocycles. The molecule has 1 aliphatic heterocycles. The molecule has 1 N–H and O–H groups in total. The first-order chi connectivity index (χ1) is 15.7. The van der Waals surface area contributed by atoms with E-state index in [0.29, 0.717) is 23.6 Å². The van der Waals surface area contributed by atoms with Gasteiger partial charge >= 0.3 is 0 Å². The van der Waals surface area contributed by atoms with E-state index in [1.165, 1.54) is 5.69 Å². The highest BCUT2D eigenvalue weighted by atomic mass is 16.3. The molecule has 6 heteroatoms. The summed E-state index contributed by atoms with van der Waals surface area (Å²) in [5, 5.41) is 3.96. The lowest BCUT2D eigenvalue weighted by atomic mass is 10.1. The van der Waals surface area contributed by atoms with Gasteiger partial charge in [0.15, 0.2) is 5.76 Å². The molecule has 0 saturated carbocycles. The average molecular weight is 427 g/mol. The Hall–Kier alpha value is -3.64. The molecule has 1 aliphatic rings. The Balaban J connectivity index is 1.41. The number of para-hydroxylation sites is 2. The molecule has 32 heavy (non-hydrogen) atoms. The first kappa shape index (κ1) is 20.3. The smallest absolute Gasteiger partial charge is 0.252 e. The van der Waals surface area contributed by atoms with E-state index in [0.717, 1.165) is 42.6 Å². The average Bonchev–Trinajstić information content (AvgIpc) is 3.38. The van der Waals surface area contributed by atoms with Gasteiger partial charge in [0.25, 0.3) is 5.91 Å². The van der Waals surface area contributed by atoms with Crippen molar-refractivity contribution in [3.05, 3.63) is 84.1 Å². The maximum Gasteiger partial charge on any atom is 0.252 e. The Labute approximate surface area is 187 Å². The number of carbonyl (C=O) groups excluding carboxylic acids is 1. The Bertz CT molecular complexity index is 1230. The summed E-state index contributed by atoms with van der Waals surface area (Å²) in [6.07, 6.45) is 1.61. The van der Waals surface area contributed by atoms with Crippen molar-refractivity contribution in [2.24, 2.45) is 0 Å². The fourth-order valence-corrected chi connectivity index (χ4v) is 4.20. The van der Waals surface area contributed by atoms with Crippen LogP contribution in [0.4, 0.5) is 5.69 Å². The summed E-state index contributed by atoms with van der Waals surface area (Å²) in [5.74, 6) is 0.523. The lowest BCUT2D eigenvalue weighted by Crippen LogP contribution is -2.45. The molecule has 1 amide bonds.